The van der Waals surface area contributed by atoms with Crippen LogP contribution in [0.25, 0.3) is 22.6 Å². The normalized spacial score (nSPS) is 11.5. The zero-order valence-corrected chi connectivity index (χ0v) is 15.6. The van der Waals surface area contributed by atoms with E-state index in [0.717, 1.165) is 5.56 Å². The van der Waals surface area contributed by atoms with Crippen LogP contribution in [0.2, 0.25) is 0 Å². The maximum absolute atomic E-state index is 13.5. The van der Waals surface area contributed by atoms with E-state index < -0.39 is 35.2 Å². The van der Waals surface area contributed by atoms with Gasteiger partial charge in [-0.15, -0.1) is 0 Å². The second-order valence-corrected chi connectivity index (χ2v) is 6.41. The average molecular weight is 431 g/mol. The summed E-state index contributed by atoms with van der Waals surface area (Å²) in [5.74, 6) is -1.40. The molecule has 7 nitrogen and oxygen atoms in total. The number of nitrogens with one attached hydrogen (secondary N) is 2. The van der Waals surface area contributed by atoms with Crippen LogP contribution in [0.5, 0.6) is 0 Å². The lowest BCUT2D eigenvalue weighted by Gasteiger charge is -2.08. The lowest BCUT2D eigenvalue weighted by molar-refractivity contribution is -0.140. The molecule has 2 N–H and O–H groups in total. The molecule has 1 aromatic carbocycles. The number of hydrogen-bond donors (Lipinski definition) is 2. The largest absolute Gasteiger partial charge is 0.436 e. The molecule has 0 radical (unpaired) electrons. The Morgan fingerprint density at radius 3 is 2.61 bits per heavy atom. The molecular formula is C20H13F4N5O2. The van der Waals surface area contributed by atoms with E-state index >= 15 is 0 Å². The molecule has 2 amide bonds. The average Bonchev–Trinajstić information content (AvgIpc) is 3.15. The van der Waals surface area contributed by atoms with Gasteiger partial charge in [0.15, 0.2) is 11.3 Å². The first-order valence-corrected chi connectivity index (χ1v) is 8.87. The van der Waals surface area contributed by atoms with E-state index in [1.165, 1.54) is 18.2 Å². The lowest BCUT2D eigenvalue weighted by atomic mass is 10.2. The highest BCUT2D eigenvalue weighted by Crippen LogP contribution is 2.36. The fourth-order valence-electron chi connectivity index (χ4n) is 2.80. The number of urea groups is 1. The number of nitrogens with zero attached hydrogens (tertiary/aromatic N) is 3. The fourth-order valence-corrected chi connectivity index (χ4v) is 2.80. The second-order valence-electron chi connectivity index (χ2n) is 6.41. The van der Waals surface area contributed by atoms with E-state index in [4.69, 9.17) is 4.42 Å². The van der Waals surface area contributed by atoms with Gasteiger partial charge >= 0.3 is 12.2 Å². The summed E-state index contributed by atoms with van der Waals surface area (Å²) in [6.07, 6.45) is -1.14. The van der Waals surface area contributed by atoms with Gasteiger partial charge in [0.1, 0.15) is 11.3 Å². The molecule has 3 heterocycles. The van der Waals surface area contributed by atoms with Crippen LogP contribution in [-0.4, -0.2) is 21.0 Å². The Kier molecular flexibility index (Phi) is 5.24. The zero-order chi connectivity index (χ0) is 22.0. The standard InChI is InChI=1S/C20H13F4N5O2/c21-12-7-14(17(26-10-12)20(22,23)24)18-29-15-2-1-13(8-16(15)31-18)28-19(30)27-9-11-3-5-25-6-4-11/h1-8,10H,9H2,(H2,27,28,30). The summed E-state index contributed by atoms with van der Waals surface area (Å²) in [7, 11) is 0. The highest BCUT2D eigenvalue weighted by atomic mass is 19.4. The SMILES string of the molecule is O=C(NCc1ccncc1)Nc1ccc2nc(-c3cc(F)cnc3C(F)(F)F)oc2c1. The number of halogens is 4. The van der Waals surface area contributed by atoms with Crippen molar-refractivity contribution in [1.29, 1.82) is 0 Å². The number of alkyl halides is 3. The summed E-state index contributed by atoms with van der Waals surface area (Å²) in [6, 6.07) is 8.03. The fraction of sp³-hybridized carbons (Fsp3) is 0.100. The molecule has 11 heteroatoms. The number of fused-ring (bicyclic) bond motifs is 1. The highest BCUT2D eigenvalue weighted by Gasteiger charge is 2.37. The molecule has 158 valence electrons. The maximum atomic E-state index is 13.5. The van der Waals surface area contributed by atoms with Crippen molar-refractivity contribution >= 4 is 22.8 Å². The topological polar surface area (TPSA) is 92.9 Å². The monoisotopic (exact) mass is 431 g/mol. The van der Waals surface area contributed by atoms with Crippen molar-refractivity contribution in [2.24, 2.45) is 0 Å². The molecule has 0 fully saturated rings. The van der Waals surface area contributed by atoms with Crippen molar-refractivity contribution in [3.63, 3.8) is 0 Å². The minimum absolute atomic E-state index is 0.110. The van der Waals surface area contributed by atoms with Crippen LogP contribution in [0.1, 0.15) is 11.3 Å². The third kappa shape index (κ3) is 4.60. The van der Waals surface area contributed by atoms with Crippen molar-refractivity contribution < 1.29 is 26.8 Å². The van der Waals surface area contributed by atoms with Gasteiger partial charge in [0.2, 0.25) is 5.89 Å². The van der Waals surface area contributed by atoms with Gasteiger partial charge in [0.05, 0.1) is 11.8 Å². The van der Waals surface area contributed by atoms with Crippen LogP contribution in [0.15, 0.2) is 59.4 Å². The number of oxazole rings is 1. The molecule has 4 aromatic rings. The van der Waals surface area contributed by atoms with Gasteiger partial charge in [-0.2, -0.15) is 13.2 Å². The van der Waals surface area contributed by atoms with Crippen LogP contribution >= 0.6 is 0 Å². The first-order valence-electron chi connectivity index (χ1n) is 8.87. The van der Waals surface area contributed by atoms with Crippen LogP contribution in [0.4, 0.5) is 28.0 Å². The molecule has 0 aliphatic rings. The Hall–Kier alpha value is -4.02. The Bertz CT molecular complexity index is 1240. The number of anilines is 1. The summed E-state index contributed by atoms with van der Waals surface area (Å²) in [6.45, 7) is 0.274. The first-order chi connectivity index (χ1) is 14.8. The molecule has 0 spiro atoms. The number of benzene rings is 1. The number of carbonyl (C=O) groups excluding carboxylic acids is 1. The number of amides is 2. The van der Waals surface area contributed by atoms with Gasteiger partial charge in [-0.1, -0.05) is 0 Å². The van der Waals surface area contributed by atoms with Gasteiger partial charge in [-0.05, 0) is 35.9 Å². The van der Waals surface area contributed by atoms with Gasteiger partial charge < -0.3 is 15.1 Å². The number of pyridine rings is 2. The molecular weight excluding hydrogens is 418 g/mol. The van der Waals surface area contributed by atoms with Crippen LogP contribution < -0.4 is 10.6 Å². The third-order valence-corrected chi connectivity index (χ3v) is 4.20. The first kappa shape index (κ1) is 20.3. The number of carbonyl (C=O) groups is 1. The minimum atomic E-state index is -4.82. The zero-order valence-electron chi connectivity index (χ0n) is 15.6. The van der Waals surface area contributed by atoms with Crippen LogP contribution in [0, 0.1) is 5.82 Å². The van der Waals surface area contributed by atoms with Crippen molar-refractivity contribution in [3.05, 3.63) is 72.1 Å². The molecule has 31 heavy (non-hydrogen) atoms. The van der Waals surface area contributed by atoms with E-state index in [2.05, 4.69) is 25.6 Å². The molecule has 0 atom stereocenters. The molecule has 4 rings (SSSR count). The highest BCUT2D eigenvalue weighted by molar-refractivity contribution is 5.91. The molecule has 0 aliphatic heterocycles. The summed E-state index contributed by atoms with van der Waals surface area (Å²) < 4.78 is 58.6. The molecule has 0 unspecified atom stereocenters. The maximum Gasteiger partial charge on any atom is 0.434 e. The number of rotatable bonds is 4. The summed E-state index contributed by atoms with van der Waals surface area (Å²) >= 11 is 0. The Morgan fingerprint density at radius 1 is 1.10 bits per heavy atom. The number of hydrogen-bond acceptors (Lipinski definition) is 5. The molecule has 0 saturated carbocycles. The van der Waals surface area contributed by atoms with E-state index in [0.29, 0.717) is 18.0 Å². The van der Waals surface area contributed by atoms with Crippen LogP contribution in [-0.2, 0) is 12.7 Å². The van der Waals surface area contributed by atoms with Crippen molar-refractivity contribution in [2.45, 2.75) is 12.7 Å². The van der Waals surface area contributed by atoms with Crippen molar-refractivity contribution in [2.75, 3.05) is 5.32 Å². The van der Waals surface area contributed by atoms with Gasteiger partial charge in [0, 0.05) is 30.7 Å². The third-order valence-electron chi connectivity index (χ3n) is 4.20. The quantitative estimate of drug-likeness (QED) is 0.455. The molecule has 0 saturated heterocycles. The molecule has 3 aromatic heterocycles. The van der Waals surface area contributed by atoms with Gasteiger partial charge in [-0.3, -0.25) is 4.98 Å². The Morgan fingerprint density at radius 2 is 1.87 bits per heavy atom. The van der Waals surface area contributed by atoms with Crippen molar-refractivity contribution in [1.82, 2.24) is 20.3 Å². The van der Waals surface area contributed by atoms with E-state index in [1.807, 2.05) is 0 Å². The predicted octanol–water partition coefficient (Wildman–Crippen LogP) is 4.76. The smallest absolute Gasteiger partial charge is 0.434 e. The summed E-state index contributed by atoms with van der Waals surface area (Å²) in [4.78, 5) is 23.1. The van der Waals surface area contributed by atoms with E-state index in [1.54, 1.807) is 24.5 Å². The van der Waals surface area contributed by atoms with E-state index in [-0.39, 0.29) is 17.6 Å². The Balaban J connectivity index is 1.55. The molecule has 0 bridgehead atoms. The lowest BCUT2D eigenvalue weighted by Crippen LogP contribution is -2.28. The van der Waals surface area contributed by atoms with Crippen molar-refractivity contribution in [3.8, 4) is 11.5 Å². The second kappa shape index (κ2) is 8.01. The number of aromatic nitrogens is 3. The summed E-state index contributed by atoms with van der Waals surface area (Å²) in [5.41, 5.74) is -0.405. The summed E-state index contributed by atoms with van der Waals surface area (Å²) in [5, 5.41) is 5.25. The van der Waals surface area contributed by atoms with Gasteiger partial charge in [-0.25, -0.2) is 19.2 Å². The molecule has 0 aliphatic carbocycles. The van der Waals surface area contributed by atoms with Crippen LogP contribution in [0.3, 0.4) is 0 Å². The predicted molar refractivity (Wildman–Crippen MR) is 102 cm³/mol. The van der Waals surface area contributed by atoms with E-state index in [9.17, 15) is 22.4 Å². The van der Waals surface area contributed by atoms with Gasteiger partial charge in [0.25, 0.3) is 0 Å². The minimum Gasteiger partial charge on any atom is -0.436 e. The Labute approximate surface area is 172 Å².